The molecule has 6 heteroatoms. The molecule has 0 radical (unpaired) electrons. The Kier molecular flexibility index (Phi) is 5.60. The lowest BCUT2D eigenvalue weighted by Gasteiger charge is -2.38. The number of carbonyl (C=O) groups excluding carboxylic acids is 1. The second kappa shape index (κ2) is 7.88. The first-order chi connectivity index (χ1) is 11.7. The highest BCUT2D eigenvalue weighted by molar-refractivity contribution is 7.11. The Hall–Kier alpha value is -1.76. The second-order valence-electron chi connectivity index (χ2n) is 6.33. The number of benzene rings is 1. The predicted octanol–water partition coefficient (Wildman–Crippen LogP) is 2.06. The zero-order valence-electron chi connectivity index (χ0n) is 13.8. The van der Waals surface area contributed by atoms with E-state index in [9.17, 15) is 9.90 Å². The molecular formula is C18H23N3O2S. The molecule has 1 amide bonds. The molecule has 24 heavy (non-hydrogen) atoms. The highest BCUT2D eigenvalue weighted by Gasteiger charge is 2.30. The molecule has 2 atom stereocenters. The highest BCUT2D eigenvalue weighted by Crippen LogP contribution is 2.20. The summed E-state index contributed by atoms with van der Waals surface area (Å²) < 4.78 is 0. The summed E-state index contributed by atoms with van der Waals surface area (Å²) in [5.74, 6) is -0.0415. The van der Waals surface area contributed by atoms with Gasteiger partial charge in [-0.15, -0.1) is 11.3 Å². The molecule has 2 aromatic rings. The number of piperidine rings is 1. The van der Waals surface area contributed by atoms with Crippen LogP contribution in [0.25, 0.3) is 0 Å². The summed E-state index contributed by atoms with van der Waals surface area (Å²) in [7, 11) is 0. The van der Waals surface area contributed by atoms with E-state index in [-0.39, 0.29) is 24.5 Å². The van der Waals surface area contributed by atoms with Gasteiger partial charge in [0.2, 0.25) is 0 Å². The number of nitrogens with zero attached hydrogens (tertiary/aromatic N) is 2. The van der Waals surface area contributed by atoms with Crippen LogP contribution in [0.5, 0.6) is 0 Å². The molecule has 3 rings (SSSR count). The quantitative estimate of drug-likeness (QED) is 0.871. The van der Waals surface area contributed by atoms with E-state index in [1.54, 1.807) is 0 Å². The number of likely N-dealkylation sites (tertiary alicyclic amines) is 1. The van der Waals surface area contributed by atoms with Crippen LogP contribution in [0.3, 0.4) is 0 Å². The zero-order chi connectivity index (χ0) is 16.9. The summed E-state index contributed by atoms with van der Waals surface area (Å²) in [5.41, 5.74) is 2.12. The largest absolute Gasteiger partial charge is 0.396 e. The molecule has 0 saturated carbocycles. The Morgan fingerprint density at radius 2 is 2.21 bits per heavy atom. The van der Waals surface area contributed by atoms with Crippen LogP contribution in [0.15, 0.2) is 35.7 Å². The number of rotatable bonds is 5. The van der Waals surface area contributed by atoms with Crippen molar-refractivity contribution < 1.29 is 9.90 Å². The average molecular weight is 345 g/mol. The summed E-state index contributed by atoms with van der Waals surface area (Å²) in [6.45, 7) is 4.52. The van der Waals surface area contributed by atoms with E-state index >= 15 is 0 Å². The van der Waals surface area contributed by atoms with Gasteiger partial charge in [0.05, 0.1) is 0 Å². The molecule has 1 aromatic carbocycles. The van der Waals surface area contributed by atoms with Crippen molar-refractivity contribution in [2.45, 2.75) is 25.9 Å². The molecule has 0 spiro atoms. The van der Waals surface area contributed by atoms with Gasteiger partial charge in [-0.1, -0.05) is 30.3 Å². The Bertz CT molecular complexity index is 674. The van der Waals surface area contributed by atoms with Gasteiger partial charge in [0.25, 0.3) is 5.91 Å². The predicted molar refractivity (Wildman–Crippen MR) is 95.0 cm³/mol. The number of carbonyl (C=O) groups is 1. The summed E-state index contributed by atoms with van der Waals surface area (Å²) in [4.78, 5) is 19.0. The van der Waals surface area contributed by atoms with Gasteiger partial charge >= 0.3 is 0 Å². The average Bonchev–Trinajstić information content (AvgIpc) is 3.03. The third-order valence-electron chi connectivity index (χ3n) is 4.45. The maximum atomic E-state index is 12.4. The molecule has 5 nitrogen and oxygen atoms in total. The second-order valence-corrected chi connectivity index (χ2v) is 7.18. The number of amides is 1. The van der Waals surface area contributed by atoms with E-state index in [2.05, 4.69) is 27.3 Å². The molecule has 0 bridgehead atoms. The number of aliphatic hydroxyl groups excluding tert-OH is 1. The van der Waals surface area contributed by atoms with Gasteiger partial charge in [0.15, 0.2) is 5.01 Å². The van der Waals surface area contributed by atoms with Crippen molar-refractivity contribution in [1.29, 1.82) is 0 Å². The first kappa shape index (κ1) is 17.1. The SMILES string of the molecule is Cc1csc(C(=O)NC2CN(Cc3ccccc3)CCC2CO)n1. The molecule has 1 aliphatic heterocycles. The van der Waals surface area contributed by atoms with Gasteiger partial charge in [0, 0.05) is 42.7 Å². The Labute approximate surface area is 146 Å². The lowest BCUT2D eigenvalue weighted by Crippen LogP contribution is -2.53. The fourth-order valence-electron chi connectivity index (χ4n) is 3.12. The van der Waals surface area contributed by atoms with Crippen LogP contribution in [-0.2, 0) is 6.54 Å². The molecule has 2 unspecified atom stereocenters. The van der Waals surface area contributed by atoms with Crippen molar-refractivity contribution in [2.24, 2.45) is 5.92 Å². The molecule has 0 aliphatic carbocycles. The van der Waals surface area contributed by atoms with Crippen molar-refractivity contribution in [3.63, 3.8) is 0 Å². The van der Waals surface area contributed by atoms with Gasteiger partial charge < -0.3 is 10.4 Å². The fourth-order valence-corrected chi connectivity index (χ4v) is 3.82. The number of hydrogen-bond acceptors (Lipinski definition) is 5. The van der Waals surface area contributed by atoms with Crippen molar-refractivity contribution in [3.05, 3.63) is 52.0 Å². The van der Waals surface area contributed by atoms with Crippen molar-refractivity contribution >= 4 is 17.2 Å². The van der Waals surface area contributed by atoms with Crippen molar-refractivity contribution in [2.75, 3.05) is 19.7 Å². The van der Waals surface area contributed by atoms with Gasteiger partial charge in [0.1, 0.15) is 0 Å². The molecule has 1 fully saturated rings. The van der Waals surface area contributed by atoms with E-state index in [1.165, 1.54) is 16.9 Å². The lowest BCUT2D eigenvalue weighted by atomic mass is 9.92. The molecule has 128 valence electrons. The van der Waals surface area contributed by atoms with Crippen LogP contribution in [-0.4, -0.2) is 46.6 Å². The number of nitrogens with one attached hydrogen (secondary N) is 1. The molecule has 2 N–H and O–H groups in total. The Morgan fingerprint density at radius 1 is 1.42 bits per heavy atom. The van der Waals surface area contributed by atoms with Gasteiger partial charge in [-0.05, 0) is 25.5 Å². The van der Waals surface area contributed by atoms with Gasteiger partial charge in [-0.25, -0.2) is 4.98 Å². The fraction of sp³-hybridized carbons (Fsp3) is 0.444. The first-order valence-corrected chi connectivity index (χ1v) is 9.14. The maximum Gasteiger partial charge on any atom is 0.280 e. The highest BCUT2D eigenvalue weighted by atomic mass is 32.1. The summed E-state index contributed by atoms with van der Waals surface area (Å²) in [6, 6.07) is 10.3. The summed E-state index contributed by atoms with van der Waals surface area (Å²) >= 11 is 1.36. The Balaban J connectivity index is 1.64. The number of aliphatic hydroxyl groups is 1. The minimum atomic E-state index is -0.141. The van der Waals surface area contributed by atoms with Gasteiger partial charge in [-0.2, -0.15) is 0 Å². The van der Waals surface area contributed by atoms with E-state index in [4.69, 9.17) is 0 Å². The monoisotopic (exact) mass is 345 g/mol. The van der Waals surface area contributed by atoms with E-state index in [1.807, 2.05) is 30.5 Å². The normalized spacial score (nSPS) is 21.6. The number of hydrogen-bond donors (Lipinski definition) is 2. The van der Waals surface area contributed by atoms with E-state index < -0.39 is 0 Å². The first-order valence-electron chi connectivity index (χ1n) is 8.26. The topological polar surface area (TPSA) is 65.5 Å². The van der Waals surface area contributed by atoms with Crippen LogP contribution >= 0.6 is 11.3 Å². The van der Waals surface area contributed by atoms with E-state index in [0.717, 1.165) is 31.7 Å². The van der Waals surface area contributed by atoms with Gasteiger partial charge in [-0.3, -0.25) is 9.69 Å². The van der Waals surface area contributed by atoms with Crippen molar-refractivity contribution in [1.82, 2.24) is 15.2 Å². The minimum absolute atomic E-state index is 0.0517. The molecule has 1 aliphatic rings. The van der Waals surface area contributed by atoms with Crippen LogP contribution in [0.4, 0.5) is 0 Å². The molecular weight excluding hydrogens is 322 g/mol. The van der Waals surface area contributed by atoms with Crippen LogP contribution < -0.4 is 5.32 Å². The molecule has 1 saturated heterocycles. The van der Waals surface area contributed by atoms with Crippen LogP contribution in [0, 0.1) is 12.8 Å². The number of aromatic nitrogens is 1. The third kappa shape index (κ3) is 4.20. The number of aryl methyl sites for hydroxylation is 1. The summed E-state index contributed by atoms with van der Waals surface area (Å²) in [5, 5.41) is 15.1. The summed E-state index contributed by atoms with van der Waals surface area (Å²) in [6.07, 6.45) is 0.880. The van der Waals surface area contributed by atoms with E-state index in [0.29, 0.717) is 5.01 Å². The van der Waals surface area contributed by atoms with Crippen LogP contribution in [0.2, 0.25) is 0 Å². The third-order valence-corrected chi connectivity index (χ3v) is 5.41. The Morgan fingerprint density at radius 3 is 2.88 bits per heavy atom. The lowest BCUT2D eigenvalue weighted by molar-refractivity contribution is 0.0730. The van der Waals surface area contributed by atoms with Crippen molar-refractivity contribution in [3.8, 4) is 0 Å². The minimum Gasteiger partial charge on any atom is -0.396 e. The zero-order valence-corrected chi connectivity index (χ0v) is 14.6. The maximum absolute atomic E-state index is 12.4. The molecule has 2 heterocycles. The number of thiazole rings is 1. The van der Waals surface area contributed by atoms with Crippen LogP contribution in [0.1, 0.15) is 27.5 Å². The smallest absolute Gasteiger partial charge is 0.280 e. The standard InChI is InChI=1S/C18H23N3O2S/c1-13-12-24-18(19-13)17(23)20-16-10-21(8-7-15(16)11-22)9-14-5-3-2-4-6-14/h2-6,12,15-16,22H,7-11H2,1H3,(H,20,23). The molecule has 1 aromatic heterocycles.